The molecule has 1 aliphatic carbocycles. The summed E-state index contributed by atoms with van der Waals surface area (Å²) in [5, 5.41) is 0. The molecule has 2 aromatic rings. The van der Waals surface area contributed by atoms with Crippen LogP contribution in [0.4, 0.5) is 0 Å². The van der Waals surface area contributed by atoms with Crippen LogP contribution in [-0.4, -0.2) is 12.6 Å². The Hall–Kier alpha value is -2.09. The van der Waals surface area contributed by atoms with Gasteiger partial charge in [-0.05, 0) is 18.1 Å². The predicted molar refractivity (Wildman–Crippen MR) is 78.5 cm³/mol. The topological polar surface area (TPSA) is 26.3 Å². The molecule has 3 rings (SSSR count). The molecule has 0 saturated heterocycles. The molecule has 1 fully saturated rings. The number of carbonyl (C=O) groups is 1. The smallest absolute Gasteiger partial charge is 0.310 e. The number of carbonyl (C=O) groups excluding carboxylic acids is 1. The summed E-state index contributed by atoms with van der Waals surface area (Å²) in [6.45, 7) is 2.30. The molecule has 0 amide bonds. The molecule has 2 aromatic carbocycles. The van der Waals surface area contributed by atoms with Crippen molar-refractivity contribution in [3.8, 4) is 0 Å². The van der Waals surface area contributed by atoms with Gasteiger partial charge in [-0.1, -0.05) is 60.7 Å². The SMILES string of the molecule is CCOC(=O)C1[C@H](c2ccccc2)[C@H]1c1ccccc1. The van der Waals surface area contributed by atoms with E-state index in [0.717, 1.165) is 0 Å². The van der Waals surface area contributed by atoms with E-state index in [0.29, 0.717) is 6.61 Å². The zero-order valence-corrected chi connectivity index (χ0v) is 11.5. The first-order valence-electron chi connectivity index (χ1n) is 7.09. The maximum Gasteiger partial charge on any atom is 0.310 e. The zero-order valence-electron chi connectivity index (χ0n) is 11.5. The average molecular weight is 266 g/mol. The lowest BCUT2D eigenvalue weighted by Gasteiger charge is -2.00. The van der Waals surface area contributed by atoms with Crippen LogP contribution in [0.3, 0.4) is 0 Å². The van der Waals surface area contributed by atoms with Crippen LogP contribution in [0.2, 0.25) is 0 Å². The van der Waals surface area contributed by atoms with E-state index in [4.69, 9.17) is 4.74 Å². The Bertz CT molecular complexity index is 531. The lowest BCUT2D eigenvalue weighted by molar-refractivity contribution is -0.144. The van der Waals surface area contributed by atoms with Gasteiger partial charge in [-0.3, -0.25) is 4.79 Å². The highest BCUT2D eigenvalue weighted by molar-refractivity contribution is 5.80. The predicted octanol–water partition coefficient (Wildman–Crippen LogP) is 3.75. The summed E-state index contributed by atoms with van der Waals surface area (Å²) < 4.78 is 5.23. The van der Waals surface area contributed by atoms with E-state index in [1.807, 2.05) is 43.3 Å². The third-order valence-electron chi connectivity index (χ3n) is 3.95. The molecule has 2 atom stereocenters. The van der Waals surface area contributed by atoms with Gasteiger partial charge in [0.1, 0.15) is 0 Å². The number of rotatable bonds is 4. The minimum Gasteiger partial charge on any atom is -0.466 e. The zero-order chi connectivity index (χ0) is 13.9. The summed E-state index contributed by atoms with van der Waals surface area (Å²) in [7, 11) is 0. The van der Waals surface area contributed by atoms with Gasteiger partial charge in [0.25, 0.3) is 0 Å². The van der Waals surface area contributed by atoms with Crippen molar-refractivity contribution in [1.82, 2.24) is 0 Å². The van der Waals surface area contributed by atoms with Crippen LogP contribution in [0.15, 0.2) is 60.7 Å². The first-order valence-corrected chi connectivity index (χ1v) is 7.09. The molecule has 0 aromatic heterocycles. The van der Waals surface area contributed by atoms with Crippen molar-refractivity contribution in [1.29, 1.82) is 0 Å². The highest BCUT2D eigenvalue weighted by Crippen LogP contribution is 2.60. The van der Waals surface area contributed by atoms with Crippen molar-refractivity contribution < 1.29 is 9.53 Å². The van der Waals surface area contributed by atoms with Gasteiger partial charge in [0.2, 0.25) is 0 Å². The second-order valence-corrected chi connectivity index (χ2v) is 5.15. The maximum atomic E-state index is 12.2. The quantitative estimate of drug-likeness (QED) is 0.788. The molecule has 2 nitrogen and oxygen atoms in total. The normalized spacial score (nSPS) is 24.1. The van der Waals surface area contributed by atoms with E-state index in [9.17, 15) is 4.79 Å². The van der Waals surface area contributed by atoms with E-state index in [1.54, 1.807) is 0 Å². The Labute approximate surface area is 119 Å². The van der Waals surface area contributed by atoms with E-state index in [2.05, 4.69) is 24.3 Å². The molecule has 1 saturated carbocycles. The minimum absolute atomic E-state index is 0.0419. The molecular formula is C18H18O2. The summed E-state index contributed by atoms with van der Waals surface area (Å²) in [5.74, 6) is 0.380. The molecule has 0 aliphatic heterocycles. The van der Waals surface area contributed by atoms with E-state index >= 15 is 0 Å². The minimum atomic E-state index is -0.0739. The van der Waals surface area contributed by atoms with Gasteiger partial charge in [0.05, 0.1) is 12.5 Å². The summed E-state index contributed by atoms with van der Waals surface area (Å²) in [4.78, 5) is 12.2. The molecular weight excluding hydrogens is 248 g/mol. The second kappa shape index (κ2) is 5.49. The second-order valence-electron chi connectivity index (χ2n) is 5.15. The molecule has 0 spiro atoms. The van der Waals surface area contributed by atoms with Crippen molar-refractivity contribution in [2.75, 3.05) is 6.61 Å². The summed E-state index contributed by atoms with van der Waals surface area (Å²) in [5.41, 5.74) is 2.44. The molecule has 20 heavy (non-hydrogen) atoms. The third kappa shape index (κ3) is 2.34. The molecule has 1 aliphatic rings. The fourth-order valence-corrected chi connectivity index (χ4v) is 3.02. The highest BCUT2D eigenvalue weighted by atomic mass is 16.5. The Balaban J connectivity index is 1.89. The van der Waals surface area contributed by atoms with Crippen molar-refractivity contribution >= 4 is 5.97 Å². The molecule has 0 bridgehead atoms. The van der Waals surface area contributed by atoms with Gasteiger partial charge in [-0.25, -0.2) is 0 Å². The Morgan fingerprint density at radius 1 is 0.900 bits per heavy atom. The summed E-state index contributed by atoms with van der Waals surface area (Å²) in [6, 6.07) is 20.5. The van der Waals surface area contributed by atoms with Gasteiger partial charge in [0.15, 0.2) is 0 Å². The Morgan fingerprint density at radius 3 is 1.75 bits per heavy atom. The van der Waals surface area contributed by atoms with Crippen LogP contribution in [0.1, 0.15) is 29.9 Å². The summed E-state index contributed by atoms with van der Waals surface area (Å²) >= 11 is 0. The van der Waals surface area contributed by atoms with Gasteiger partial charge >= 0.3 is 5.97 Å². The third-order valence-corrected chi connectivity index (χ3v) is 3.95. The largest absolute Gasteiger partial charge is 0.466 e. The van der Waals surface area contributed by atoms with Crippen LogP contribution in [0, 0.1) is 5.92 Å². The van der Waals surface area contributed by atoms with Crippen LogP contribution in [-0.2, 0) is 9.53 Å². The monoisotopic (exact) mass is 266 g/mol. The van der Waals surface area contributed by atoms with Crippen LogP contribution >= 0.6 is 0 Å². The number of ether oxygens (including phenoxy) is 1. The average Bonchev–Trinajstić information content (AvgIpc) is 3.25. The maximum absolute atomic E-state index is 12.2. The van der Waals surface area contributed by atoms with Crippen LogP contribution in [0.5, 0.6) is 0 Å². The van der Waals surface area contributed by atoms with E-state index < -0.39 is 0 Å². The Morgan fingerprint density at radius 2 is 1.35 bits per heavy atom. The summed E-state index contributed by atoms with van der Waals surface area (Å²) in [6.07, 6.45) is 0. The highest BCUT2D eigenvalue weighted by Gasteiger charge is 2.56. The Kier molecular flexibility index (Phi) is 3.55. The van der Waals surface area contributed by atoms with Crippen molar-refractivity contribution in [3.05, 3.63) is 71.8 Å². The number of esters is 1. The molecule has 102 valence electrons. The molecule has 0 heterocycles. The van der Waals surface area contributed by atoms with Gasteiger partial charge in [-0.15, -0.1) is 0 Å². The van der Waals surface area contributed by atoms with Crippen LogP contribution < -0.4 is 0 Å². The molecule has 0 radical (unpaired) electrons. The molecule has 0 unspecified atom stereocenters. The number of hydrogen-bond acceptors (Lipinski definition) is 2. The van der Waals surface area contributed by atoms with Gasteiger partial charge < -0.3 is 4.74 Å². The fraction of sp³-hybridized carbons (Fsp3) is 0.278. The lowest BCUT2D eigenvalue weighted by atomic mass is 10.0. The standard InChI is InChI=1S/C18H18O2/c1-2-20-18(19)17-15(13-9-5-3-6-10-13)16(17)14-11-7-4-8-12-14/h3-12,15-17H,2H2,1H3/t15-,16-/m1/s1. The van der Waals surface area contributed by atoms with Crippen molar-refractivity contribution in [2.24, 2.45) is 5.92 Å². The van der Waals surface area contributed by atoms with Gasteiger partial charge in [-0.2, -0.15) is 0 Å². The first kappa shape index (κ1) is 12.9. The van der Waals surface area contributed by atoms with Crippen molar-refractivity contribution in [2.45, 2.75) is 18.8 Å². The number of benzene rings is 2. The van der Waals surface area contributed by atoms with Crippen molar-refractivity contribution in [3.63, 3.8) is 0 Å². The van der Waals surface area contributed by atoms with Crippen LogP contribution in [0.25, 0.3) is 0 Å². The van der Waals surface area contributed by atoms with Gasteiger partial charge in [0, 0.05) is 11.8 Å². The van der Waals surface area contributed by atoms with E-state index in [-0.39, 0.29) is 23.7 Å². The molecule has 0 N–H and O–H groups in total. The van der Waals surface area contributed by atoms with E-state index in [1.165, 1.54) is 11.1 Å². The first-order chi connectivity index (χ1) is 9.83. The fourth-order valence-electron chi connectivity index (χ4n) is 3.02. The lowest BCUT2D eigenvalue weighted by Crippen LogP contribution is -2.08. The molecule has 2 heteroatoms. The number of hydrogen-bond donors (Lipinski definition) is 0.